The van der Waals surface area contributed by atoms with Gasteiger partial charge >= 0.3 is 0 Å². The van der Waals surface area contributed by atoms with Gasteiger partial charge in [-0.15, -0.1) is 22.7 Å². The van der Waals surface area contributed by atoms with Crippen molar-refractivity contribution >= 4 is 44.3 Å². The average molecular weight is 313 g/mol. The first-order valence-corrected chi connectivity index (χ1v) is 9.98. The third-order valence-corrected chi connectivity index (χ3v) is 8.62. The van der Waals surface area contributed by atoms with Gasteiger partial charge in [0.05, 0.1) is 11.4 Å². The van der Waals surface area contributed by atoms with Crippen molar-refractivity contribution in [1.82, 2.24) is 9.97 Å². The minimum absolute atomic E-state index is 1.18. The molecule has 94 valence electrons. The highest BCUT2D eigenvalue weighted by molar-refractivity contribution is 8.77. The summed E-state index contributed by atoms with van der Waals surface area (Å²) in [5.74, 6) is 0. The summed E-state index contributed by atoms with van der Waals surface area (Å²) >= 11 is 3.76. The molecule has 0 aromatic carbocycles. The molecule has 2 heterocycles. The van der Waals surface area contributed by atoms with Crippen LogP contribution in [0.1, 0.15) is 34.0 Å². The number of thiazole rings is 2. The molecule has 0 amide bonds. The number of hydrogen-bond donors (Lipinski definition) is 0. The Labute approximate surface area is 122 Å². The van der Waals surface area contributed by atoms with Crippen LogP contribution in [0.2, 0.25) is 0 Å². The van der Waals surface area contributed by atoms with Crippen molar-refractivity contribution in [2.75, 3.05) is 0 Å². The SMILES string of the molecule is C1Cc2nc(SSc3nc4c(s3)CCC4)sc2C1. The predicted molar refractivity (Wildman–Crippen MR) is 80.0 cm³/mol. The molecular formula is C12H12N2S4. The second kappa shape index (κ2) is 4.81. The normalized spacial score (nSPS) is 17.1. The summed E-state index contributed by atoms with van der Waals surface area (Å²) in [4.78, 5) is 12.4. The van der Waals surface area contributed by atoms with E-state index < -0.39 is 0 Å². The Balaban J connectivity index is 1.45. The summed E-state index contributed by atoms with van der Waals surface area (Å²) < 4.78 is 2.42. The number of rotatable bonds is 3. The Morgan fingerprint density at radius 3 is 1.67 bits per heavy atom. The van der Waals surface area contributed by atoms with Gasteiger partial charge in [0.25, 0.3) is 0 Å². The summed E-state index contributed by atoms with van der Waals surface area (Å²) in [6, 6.07) is 0. The van der Waals surface area contributed by atoms with Crippen LogP contribution < -0.4 is 0 Å². The molecule has 0 aliphatic heterocycles. The van der Waals surface area contributed by atoms with Crippen molar-refractivity contribution in [2.45, 2.75) is 47.2 Å². The van der Waals surface area contributed by atoms with E-state index in [1.807, 2.05) is 22.7 Å². The van der Waals surface area contributed by atoms with Crippen LogP contribution >= 0.6 is 44.3 Å². The summed E-state index contributed by atoms with van der Waals surface area (Å²) in [5, 5.41) is 0. The highest BCUT2D eigenvalue weighted by Gasteiger charge is 2.19. The lowest BCUT2D eigenvalue weighted by molar-refractivity contribution is 0.891. The molecule has 0 fully saturated rings. The number of aromatic nitrogens is 2. The zero-order valence-electron chi connectivity index (χ0n) is 9.77. The molecule has 0 N–H and O–H groups in total. The zero-order chi connectivity index (χ0) is 11.9. The molecule has 0 saturated carbocycles. The van der Waals surface area contributed by atoms with E-state index in [4.69, 9.17) is 9.97 Å². The molecule has 2 aliphatic rings. The highest BCUT2D eigenvalue weighted by atomic mass is 33.1. The van der Waals surface area contributed by atoms with Gasteiger partial charge in [0.15, 0.2) is 8.68 Å². The van der Waals surface area contributed by atoms with Gasteiger partial charge in [-0.3, -0.25) is 0 Å². The maximum atomic E-state index is 4.71. The van der Waals surface area contributed by atoms with Gasteiger partial charge in [0.2, 0.25) is 0 Å². The number of hydrogen-bond acceptors (Lipinski definition) is 6. The van der Waals surface area contributed by atoms with Crippen LogP contribution in [0.5, 0.6) is 0 Å². The van der Waals surface area contributed by atoms with Crippen molar-refractivity contribution in [3.05, 3.63) is 21.1 Å². The van der Waals surface area contributed by atoms with Crippen LogP contribution in [0.25, 0.3) is 0 Å². The van der Waals surface area contributed by atoms with Gasteiger partial charge < -0.3 is 0 Å². The van der Waals surface area contributed by atoms with Crippen LogP contribution in [0.15, 0.2) is 8.68 Å². The molecule has 0 spiro atoms. The predicted octanol–water partition coefficient (Wildman–Crippen LogP) is 4.38. The fourth-order valence-electron chi connectivity index (χ4n) is 2.48. The molecular weight excluding hydrogens is 300 g/mol. The standard InChI is InChI=1S/C12H12N2S4/c1-3-7-9(5-1)15-11(13-7)17-18-12-14-8-4-2-6-10(8)16-12/h1-6H2. The largest absolute Gasteiger partial charge is 0.234 e. The summed E-state index contributed by atoms with van der Waals surface area (Å²) in [6.45, 7) is 0. The molecule has 0 bridgehead atoms. The lowest BCUT2D eigenvalue weighted by Gasteiger charge is -1.93. The molecule has 2 nitrogen and oxygen atoms in total. The fraction of sp³-hybridized carbons (Fsp3) is 0.500. The number of fused-ring (bicyclic) bond motifs is 2. The lowest BCUT2D eigenvalue weighted by atomic mass is 10.4. The third kappa shape index (κ3) is 2.13. The maximum Gasteiger partial charge on any atom is 0.161 e. The molecule has 4 rings (SSSR count). The van der Waals surface area contributed by atoms with Gasteiger partial charge in [-0.2, -0.15) is 0 Å². The quantitative estimate of drug-likeness (QED) is 0.786. The maximum absolute atomic E-state index is 4.71. The van der Waals surface area contributed by atoms with Gasteiger partial charge in [-0.05, 0) is 60.1 Å². The fourth-order valence-corrected chi connectivity index (χ4v) is 7.42. The van der Waals surface area contributed by atoms with Crippen molar-refractivity contribution in [1.29, 1.82) is 0 Å². The van der Waals surface area contributed by atoms with Crippen LogP contribution in [-0.2, 0) is 25.7 Å². The Kier molecular flexibility index (Phi) is 3.14. The number of nitrogens with zero attached hydrogens (tertiary/aromatic N) is 2. The van der Waals surface area contributed by atoms with Crippen LogP contribution in [0.4, 0.5) is 0 Å². The van der Waals surface area contributed by atoms with E-state index in [2.05, 4.69) is 0 Å². The molecule has 2 aromatic heterocycles. The van der Waals surface area contributed by atoms with Crippen LogP contribution in [0.3, 0.4) is 0 Å². The summed E-state index contributed by atoms with van der Waals surface area (Å²) in [5.41, 5.74) is 2.70. The first-order valence-electron chi connectivity index (χ1n) is 6.20. The Bertz CT molecular complexity index is 492. The van der Waals surface area contributed by atoms with E-state index in [0.717, 1.165) is 0 Å². The van der Waals surface area contributed by atoms with Crippen molar-refractivity contribution in [3.8, 4) is 0 Å². The van der Waals surface area contributed by atoms with E-state index >= 15 is 0 Å². The van der Waals surface area contributed by atoms with Crippen LogP contribution in [0, 0.1) is 0 Å². The summed E-state index contributed by atoms with van der Waals surface area (Å²) in [7, 11) is 3.57. The van der Waals surface area contributed by atoms with Gasteiger partial charge in [-0.1, -0.05) is 0 Å². The van der Waals surface area contributed by atoms with Crippen molar-refractivity contribution < 1.29 is 0 Å². The molecule has 0 saturated heterocycles. The van der Waals surface area contributed by atoms with Crippen molar-refractivity contribution in [2.24, 2.45) is 0 Å². The smallest absolute Gasteiger partial charge is 0.161 e. The van der Waals surface area contributed by atoms with E-state index in [1.165, 1.54) is 68.3 Å². The molecule has 2 aromatic rings. The molecule has 6 heteroatoms. The second-order valence-corrected chi connectivity index (χ2v) is 9.36. The first kappa shape index (κ1) is 11.8. The van der Waals surface area contributed by atoms with Gasteiger partial charge in [0, 0.05) is 9.75 Å². The van der Waals surface area contributed by atoms with Gasteiger partial charge in [-0.25, -0.2) is 9.97 Å². The second-order valence-electron chi connectivity index (χ2n) is 4.57. The molecule has 0 unspecified atom stereocenters. The minimum atomic E-state index is 1.18. The Morgan fingerprint density at radius 1 is 0.722 bits per heavy atom. The lowest BCUT2D eigenvalue weighted by Crippen LogP contribution is -1.78. The van der Waals surface area contributed by atoms with Crippen molar-refractivity contribution in [3.63, 3.8) is 0 Å². The van der Waals surface area contributed by atoms with E-state index in [-0.39, 0.29) is 0 Å². The molecule has 0 radical (unpaired) electrons. The Hall–Kier alpha value is -0.0400. The number of aryl methyl sites for hydroxylation is 4. The molecule has 18 heavy (non-hydrogen) atoms. The molecule has 2 aliphatic carbocycles. The first-order chi connectivity index (χ1) is 8.88. The third-order valence-electron chi connectivity index (χ3n) is 3.34. The van der Waals surface area contributed by atoms with E-state index in [1.54, 1.807) is 21.6 Å². The summed E-state index contributed by atoms with van der Waals surface area (Å²) in [6.07, 6.45) is 7.44. The Morgan fingerprint density at radius 2 is 1.22 bits per heavy atom. The average Bonchev–Trinajstić information content (AvgIpc) is 3.04. The van der Waals surface area contributed by atoms with Crippen LogP contribution in [-0.4, -0.2) is 9.97 Å². The van der Waals surface area contributed by atoms with E-state index in [0.29, 0.717) is 0 Å². The minimum Gasteiger partial charge on any atom is -0.234 e. The topological polar surface area (TPSA) is 25.8 Å². The highest BCUT2D eigenvalue weighted by Crippen LogP contribution is 2.44. The molecule has 0 atom stereocenters. The van der Waals surface area contributed by atoms with Gasteiger partial charge in [0.1, 0.15) is 0 Å². The zero-order valence-corrected chi connectivity index (χ0v) is 13.0. The monoisotopic (exact) mass is 312 g/mol. The van der Waals surface area contributed by atoms with E-state index in [9.17, 15) is 0 Å².